The van der Waals surface area contributed by atoms with Crippen molar-refractivity contribution in [2.45, 2.75) is 12.1 Å². The zero-order chi connectivity index (χ0) is 8.10. The van der Waals surface area contributed by atoms with E-state index in [9.17, 15) is 9.59 Å². The highest BCUT2D eigenvalue weighted by Crippen LogP contribution is 1.97. The Morgan fingerprint density at radius 3 is 1.91 bits per heavy atom. The average Bonchev–Trinajstić information content (AvgIpc) is 2.39. The summed E-state index contributed by atoms with van der Waals surface area (Å²) in [6, 6.07) is 0.0513. The van der Waals surface area contributed by atoms with Crippen LogP contribution in [0, 0.1) is 0 Å². The third kappa shape index (κ3) is 1.91. The van der Waals surface area contributed by atoms with Gasteiger partial charge in [-0.25, -0.2) is 0 Å². The first-order valence-corrected chi connectivity index (χ1v) is 3.48. The van der Waals surface area contributed by atoms with E-state index in [1.54, 1.807) is 0 Å². The van der Waals surface area contributed by atoms with E-state index >= 15 is 0 Å². The van der Waals surface area contributed by atoms with Crippen molar-refractivity contribution in [3.05, 3.63) is 0 Å². The molecule has 3 N–H and O–H groups in total. The summed E-state index contributed by atoms with van der Waals surface area (Å²) in [5, 5.41) is 8.28. The lowest BCUT2D eigenvalue weighted by molar-refractivity contribution is -0.112. The first-order valence-electron chi connectivity index (χ1n) is 3.48. The smallest absolute Gasteiger partial charge is 0.207 e. The molecule has 0 aromatic heterocycles. The highest BCUT2D eigenvalue weighted by molar-refractivity contribution is 5.50. The van der Waals surface area contributed by atoms with Crippen molar-refractivity contribution in [2.75, 3.05) is 13.1 Å². The second-order valence-corrected chi connectivity index (χ2v) is 2.44. The minimum atomic E-state index is 0.0256. The highest BCUT2D eigenvalue weighted by Gasteiger charge is 2.25. The predicted molar refractivity (Wildman–Crippen MR) is 38.8 cm³/mol. The molecule has 0 aromatic carbocycles. The van der Waals surface area contributed by atoms with Crippen LogP contribution >= 0.6 is 0 Å². The largest absolute Gasteiger partial charge is 0.353 e. The second-order valence-electron chi connectivity index (χ2n) is 2.44. The van der Waals surface area contributed by atoms with Gasteiger partial charge in [0.1, 0.15) is 0 Å². The zero-order valence-corrected chi connectivity index (χ0v) is 6.04. The molecule has 1 fully saturated rings. The van der Waals surface area contributed by atoms with Crippen LogP contribution in [0.2, 0.25) is 0 Å². The van der Waals surface area contributed by atoms with Crippen LogP contribution in [-0.2, 0) is 9.59 Å². The monoisotopic (exact) mass is 157 g/mol. The van der Waals surface area contributed by atoms with Crippen molar-refractivity contribution in [3.63, 3.8) is 0 Å². The molecule has 1 aliphatic rings. The van der Waals surface area contributed by atoms with Gasteiger partial charge in [0.2, 0.25) is 12.8 Å². The van der Waals surface area contributed by atoms with Crippen LogP contribution in [0.3, 0.4) is 0 Å². The molecule has 2 unspecified atom stereocenters. The van der Waals surface area contributed by atoms with Gasteiger partial charge in [0.25, 0.3) is 0 Å². The van der Waals surface area contributed by atoms with E-state index < -0.39 is 0 Å². The Morgan fingerprint density at radius 1 is 1.09 bits per heavy atom. The van der Waals surface area contributed by atoms with Gasteiger partial charge in [-0.15, -0.1) is 0 Å². The molecule has 0 saturated carbocycles. The fourth-order valence-corrected chi connectivity index (χ4v) is 1.20. The quantitative estimate of drug-likeness (QED) is 0.406. The van der Waals surface area contributed by atoms with E-state index in [4.69, 9.17) is 0 Å². The third-order valence-electron chi connectivity index (χ3n) is 1.78. The number of nitrogens with one attached hydrogen (secondary N) is 3. The summed E-state index contributed by atoms with van der Waals surface area (Å²) in [5.74, 6) is 0. The SMILES string of the molecule is O=CNC1CNCC1NC=O. The minimum Gasteiger partial charge on any atom is -0.353 e. The van der Waals surface area contributed by atoms with Gasteiger partial charge >= 0.3 is 0 Å². The second kappa shape index (κ2) is 3.92. The zero-order valence-electron chi connectivity index (χ0n) is 6.04. The molecule has 0 radical (unpaired) electrons. The summed E-state index contributed by atoms with van der Waals surface area (Å²) < 4.78 is 0. The summed E-state index contributed by atoms with van der Waals surface area (Å²) in [6.07, 6.45) is 1.30. The standard InChI is InChI=1S/C6H11N3O2/c10-3-8-5-1-7-2-6(5)9-4-11/h3-7H,1-2H2,(H,8,10)(H,9,11). The Labute approximate surface area is 64.5 Å². The summed E-state index contributed by atoms with van der Waals surface area (Å²) in [4.78, 5) is 20.1. The molecule has 1 aliphatic heterocycles. The van der Waals surface area contributed by atoms with E-state index in [0.29, 0.717) is 25.9 Å². The molecular weight excluding hydrogens is 146 g/mol. The van der Waals surface area contributed by atoms with Gasteiger partial charge in [0, 0.05) is 13.1 Å². The molecular formula is C6H11N3O2. The molecule has 1 rings (SSSR count). The van der Waals surface area contributed by atoms with Gasteiger partial charge in [0.05, 0.1) is 12.1 Å². The first kappa shape index (κ1) is 8.00. The average molecular weight is 157 g/mol. The number of rotatable bonds is 4. The Kier molecular flexibility index (Phi) is 2.85. The van der Waals surface area contributed by atoms with E-state index in [1.165, 1.54) is 0 Å². The number of hydrogen-bond acceptors (Lipinski definition) is 3. The van der Waals surface area contributed by atoms with Crippen LogP contribution in [0.15, 0.2) is 0 Å². The predicted octanol–water partition coefficient (Wildman–Crippen LogP) is -2.18. The molecule has 0 bridgehead atoms. The van der Waals surface area contributed by atoms with Crippen LogP contribution in [0.4, 0.5) is 0 Å². The fraction of sp³-hybridized carbons (Fsp3) is 0.667. The Hall–Kier alpha value is -1.10. The van der Waals surface area contributed by atoms with Crippen molar-refractivity contribution in [3.8, 4) is 0 Å². The van der Waals surface area contributed by atoms with Crippen LogP contribution in [0.1, 0.15) is 0 Å². The number of hydrogen-bond donors (Lipinski definition) is 3. The molecule has 62 valence electrons. The Balaban J connectivity index is 2.36. The highest BCUT2D eigenvalue weighted by atomic mass is 16.1. The Morgan fingerprint density at radius 2 is 1.55 bits per heavy atom. The normalized spacial score (nSPS) is 29.5. The lowest BCUT2D eigenvalue weighted by Gasteiger charge is -2.15. The Bertz CT molecular complexity index is 135. The summed E-state index contributed by atoms with van der Waals surface area (Å²) in [5.41, 5.74) is 0. The van der Waals surface area contributed by atoms with Gasteiger partial charge < -0.3 is 16.0 Å². The topological polar surface area (TPSA) is 70.2 Å². The summed E-state index contributed by atoms with van der Waals surface area (Å²) in [6.45, 7) is 1.43. The van der Waals surface area contributed by atoms with Gasteiger partial charge in [-0.2, -0.15) is 0 Å². The maximum absolute atomic E-state index is 10.1. The summed E-state index contributed by atoms with van der Waals surface area (Å²) in [7, 11) is 0. The van der Waals surface area contributed by atoms with Crippen molar-refractivity contribution in [1.29, 1.82) is 0 Å². The molecule has 11 heavy (non-hydrogen) atoms. The van der Waals surface area contributed by atoms with E-state index in [0.717, 1.165) is 0 Å². The van der Waals surface area contributed by atoms with Crippen molar-refractivity contribution in [1.82, 2.24) is 16.0 Å². The lowest BCUT2D eigenvalue weighted by Crippen LogP contribution is -2.46. The lowest BCUT2D eigenvalue weighted by atomic mass is 10.2. The van der Waals surface area contributed by atoms with Crippen LogP contribution in [0.25, 0.3) is 0 Å². The van der Waals surface area contributed by atoms with Gasteiger partial charge in [-0.05, 0) is 0 Å². The first-order chi connectivity index (χ1) is 5.38. The van der Waals surface area contributed by atoms with Crippen molar-refractivity contribution >= 4 is 12.8 Å². The van der Waals surface area contributed by atoms with E-state index in [-0.39, 0.29) is 12.1 Å². The molecule has 2 amide bonds. The van der Waals surface area contributed by atoms with Crippen molar-refractivity contribution < 1.29 is 9.59 Å². The van der Waals surface area contributed by atoms with E-state index in [1.807, 2.05) is 0 Å². The minimum absolute atomic E-state index is 0.0256. The van der Waals surface area contributed by atoms with Crippen molar-refractivity contribution in [2.24, 2.45) is 0 Å². The molecule has 0 spiro atoms. The molecule has 0 aromatic rings. The molecule has 1 saturated heterocycles. The fourth-order valence-electron chi connectivity index (χ4n) is 1.20. The van der Waals surface area contributed by atoms with Gasteiger partial charge in [0.15, 0.2) is 0 Å². The number of amides is 2. The molecule has 5 heteroatoms. The number of carbonyl (C=O) groups is 2. The number of carbonyl (C=O) groups excluding carboxylic acids is 2. The maximum Gasteiger partial charge on any atom is 0.207 e. The third-order valence-corrected chi connectivity index (χ3v) is 1.78. The van der Waals surface area contributed by atoms with E-state index in [2.05, 4.69) is 16.0 Å². The maximum atomic E-state index is 10.1. The van der Waals surface area contributed by atoms with Gasteiger partial charge in [-0.3, -0.25) is 9.59 Å². The molecule has 5 nitrogen and oxygen atoms in total. The molecule has 2 atom stereocenters. The van der Waals surface area contributed by atoms with Crippen LogP contribution in [-0.4, -0.2) is 38.0 Å². The van der Waals surface area contributed by atoms with Gasteiger partial charge in [-0.1, -0.05) is 0 Å². The van der Waals surface area contributed by atoms with Crippen LogP contribution < -0.4 is 16.0 Å². The summed E-state index contributed by atoms with van der Waals surface area (Å²) >= 11 is 0. The van der Waals surface area contributed by atoms with Crippen LogP contribution in [0.5, 0.6) is 0 Å². The molecule has 1 heterocycles. The molecule has 0 aliphatic carbocycles.